The lowest BCUT2D eigenvalue weighted by molar-refractivity contribution is 0.0632. The van der Waals surface area contributed by atoms with Gasteiger partial charge in [-0.1, -0.05) is 18.2 Å². The summed E-state index contributed by atoms with van der Waals surface area (Å²) in [6, 6.07) is 7.05. The van der Waals surface area contributed by atoms with Crippen LogP contribution in [0.3, 0.4) is 0 Å². The lowest BCUT2D eigenvalue weighted by atomic mass is 10.1. The highest BCUT2D eigenvalue weighted by molar-refractivity contribution is 6.06. The largest absolute Gasteiger partial charge is 0.328 e. The van der Waals surface area contributed by atoms with Crippen LogP contribution in [0, 0.1) is 0 Å². The number of aromatic nitrogens is 4. The molecule has 5 rings (SSSR count). The van der Waals surface area contributed by atoms with Gasteiger partial charge in [-0.2, -0.15) is 5.10 Å². The number of carbonyl (C=O) groups is 1. The summed E-state index contributed by atoms with van der Waals surface area (Å²) in [5.74, 6) is 2.16. The minimum Gasteiger partial charge on any atom is -0.328 e. The number of carbonyl (C=O) groups excluding carboxylic acids is 1. The SMILES string of the molecule is C[C@@H]1c2nc(C3CC3)nn2CCN1C(=O)c1c[nH]c(=O)c2ccccc12. The second-order valence-electron chi connectivity index (χ2n) is 7.08. The minimum atomic E-state index is -0.183. The first-order chi connectivity index (χ1) is 12.6. The Morgan fingerprint density at radius 1 is 1.19 bits per heavy atom. The van der Waals surface area contributed by atoms with Gasteiger partial charge in [0.2, 0.25) is 0 Å². The van der Waals surface area contributed by atoms with Crippen LogP contribution in [-0.4, -0.2) is 37.1 Å². The van der Waals surface area contributed by atoms with Crippen molar-refractivity contribution in [2.75, 3.05) is 6.54 Å². The van der Waals surface area contributed by atoms with E-state index in [2.05, 4.69) is 10.1 Å². The summed E-state index contributed by atoms with van der Waals surface area (Å²) in [6.07, 6.45) is 3.84. The van der Waals surface area contributed by atoms with Gasteiger partial charge in [-0.05, 0) is 25.8 Å². The van der Waals surface area contributed by atoms with Crippen molar-refractivity contribution in [1.82, 2.24) is 24.6 Å². The summed E-state index contributed by atoms with van der Waals surface area (Å²) in [4.78, 5) is 34.5. The van der Waals surface area contributed by atoms with Crippen molar-refractivity contribution in [2.45, 2.75) is 38.3 Å². The summed E-state index contributed by atoms with van der Waals surface area (Å²) in [5.41, 5.74) is 0.333. The number of aromatic amines is 1. The molecule has 3 aromatic rings. The van der Waals surface area contributed by atoms with E-state index >= 15 is 0 Å². The van der Waals surface area contributed by atoms with E-state index in [0.717, 1.165) is 24.5 Å². The first kappa shape index (κ1) is 15.3. The molecule has 0 saturated heterocycles. The molecule has 1 N–H and O–H groups in total. The molecule has 1 atom stereocenters. The van der Waals surface area contributed by atoms with Crippen LogP contribution in [0.2, 0.25) is 0 Å². The van der Waals surface area contributed by atoms with Gasteiger partial charge < -0.3 is 9.88 Å². The highest BCUT2D eigenvalue weighted by Crippen LogP contribution is 2.39. The number of H-pyrrole nitrogens is 1. The molecule has 0 radical (unpaired) electrons. The maximum absolute atomic E-state index is 13.2. The van der Waals surface area contributed by atoms with Crippen molar-refractivity contribution in [3.8, 4) is 0 Å². The summed E-state index contributed by atoms with van der Waals surface area (Å²) in [6.45, 7) is 3.21. The molecule has 3 heterocycles. The molecule has 7 nitrogen and oxygen atoms in total. The summed E-state index contributed by atoms with van der Waals surface area (Å²) in [5, 5.41) is 5.82. The van der Waals surface area contributed by atoms with Crippen molar-refractivity contribution >= 4 is 16.7 Å². The second-order valence-corrected chi connectivity index (χ2v) is 7.08. The molecule has 132 valence electrons. The Morgan fingerprint density at radius 3 is 2.73 bits per heavy atom. The fourth-order valence-electron chi connectivity index (χ4n) is 3.71. The Labute approximate surface area is 149 Å². The van der Waals surface area contributed by atoms with E-state index in [1.165, 1.54) is 6.20 Å². The smallest absolute Gasteiger partial charge is 0.256 e. The average molecular weight is 349 g/mol. The standard InChI is InChI=1S/C19H19N5O2/c1-11-17-21-16(12-6-7-12)22-24(17)9-8-23(11)19(26)15-10-20-18(25)14-5-3-2-4-13(14)15/h2-5,10-12H,6-9H2,1H3,(H,20,25)/t11-/m1/s1. The first-order valence-electron chi connectivity index (χ1n) is 8.99. The van der Waals surface area contributed by atoms with E-state index in [4.69, 9.17) is 4.98 Å². The normalized spacial score (nSPS) is 19.6. The van der Waals surface area contributed by atoms with Gasteiger partial charge in [-0.25, -0.2) is 9.67 Å². The van der Waals surface area contributed by atoms with Gasteiger partial charge in [-0.15, -0.1) is 0 Å². The van der Waals surface area contributed by atoms with Gasteiger partial charge in [0.25, 0.3) is 11.5 Å². The molecule has 2 aliphatic rings. The van der Waals surface area contributed by atoms with Gasteiger partial charge in [0.15, 0.2) is 5.82 Å². The Kier molecular flexibility index (Phi) is 3.25. The molecule has 0 spiro atoms. The van der Waals surface area contributed by atoms with E-state index in [0.29, 0.717) is 35.3 Å². The molecule has 1 fully saturated rings. The van der Waals surface area contributed by atoms with Crippen LogP contribution in [0.15, 0.2) is 35.3 Å². The molecule has 2 aromatic heterocycles. The van der Waals surface area contributed by atoms with Gasteiger partial charge in [0.1, 0.15) is 5.82 Å². The van der Waals surface area contributed by atoms with Gasteiger partial charge in [-0.3, -0.25) is 9.59 Å². The van der Waals surface area contributed by atoms with Crippen LogP contribution in [0.1, 0.15) is 53.7 Å². The Balaban J connectivity index is 1.53. The van der Waals surface area contributed by atoms with E-state index in [9.17, 15) is 9.59 Å². The Hall–Kier alpha value is -2.96. The molecule has 1 aliphatic carbocycles. The number of nitrogens with one attached hydrogen (secondary N) is 1. The van der Waals surface area contributed by atoms with Gasteiger partial charge in [0, 0.05) is 29.4 Å². The fraction of sp³-hybridized carbons (Fsp3) is 0.368. The highest BCUT2D eigenvalue weighted by Gasteiger charge is 2.35. The van der Waals surface area contributed by atoms with Crippen molar-refractivity contribution in [1.29, 1.82) is 0 Å². The van der Waals surface area contributed by atoms with Crippen molar-refractivity contribution in [3.05, 3.63) is 58.0 Å². The average Bonchev–Trinajstić information content (AvgIpc) is 3.41. The zero-order chi connectivity index (χ0) is 17.8. The van der Waals surface area contributed by atoms with Crippen LogP contribution >= 0.6 is 0 Å². The van der Waals surface area contributed by atoms with Gasteiger partial charge in [0.05, 0.1) is 18.2 Å². The topological polar surface area (TPSA) is 83.9 Å². The van der Waals surface area contributed by atoms with E-state index < -0.39 is 0 Å². The molecule has 0 unspecified atom stereocenters. The summed E-state index contributed by atoms with van der Waals surface area (Å²) in [7, 11) is 0. The predicted octanol–water partition coefficient (Wildman–Crippen LogP) is 2.21. The molecule has 26 heavy (non-hydrogen) atoms. The zero-order valence-electron chi connectivity index (χ0n) is 14.5. The fourth-order valence-corrected chi connectivity index (χ4v) is 3.71. The molecule has 7 heteroatoms. The van der Waals surface area contributed by atoms with E-state index in [1.54, 1.807) is 12.1 Å². The van der Waals surface area contributed by atoms with E-state index in [-0.39, 0.29) is 17.5 Å². The molecule has 1 amide bonds. The highest BCUT2D eigenvalue weighted by atomic mass is 16.2. The second kappa shape index (κ2) is 5.52. The number of pyridine rings is 1. The third kappa shape index (κ3) is 2.27. The van der Waals surface area contributed by atoms with Crippen LogP contribution < -0.4 is 5.56 Å². The van der Waals surface area contributed by atoms with Crippen molar-refractivity contribution in [2.24, 2.45) is 0 Å². The van der Waals surface area contributed by atoms with Gasteiger partial charge >= 0.3 is 0 Å². The first-order valence-corrected chi connectivity index (χ1v) is 8.99. The van der Waals surface area contributed by atoms with Crippen LogP contribution in [0.4, 0.5) is 0 Å². The molecular weight excluding hydrogens is 330 g/mol. The third-order valence-corrected chi connectivity index (χ3v) is 5.35. The van der Waals surface area contributed by atoms with Crippen LogP contribution in [-0.2, 0) is 6.54 Å². The summed E-state index contributed by atoms with van der Waals surface area (Å²) >= 11 is 0. The maximum Gasteiger partial charge on any atom is 0.256 e. The molecule has 1 aliphatic heterocycles. The quantitative estimate of drug-likeness (QED) is 0.769. The van der Waals surface area contributed by atoms with Crippen molar-refractivity contribution < 1.29 is 4.79 Å². The number of hydrogen-bond acceptors (Lipinski definition) is 4. The molecular formula is C19H19N5O2. The molecule has 0 bridgehead atoms. The number of nitrogens with zero attached hydrogens (tertiary/aromatic N) is 4. The van der Waals surface area contributed by atoms with Crippen LogP contribution in [0.25, 0.3) is 10.8 Å². The minimum absolute atomic E-state index is 0.0906. The lowest BCUT2D eigenvalue weighted by Gasteiger charge is -2.33. The monoisotopic (exact) mass is 349 g/mol. The predicted molar refractivity (Wildman–Crippen MR) is 96.0 cm³/mol. The van der Waals surface area contributed by atoms with Crippen LogP contribution in [0.5, 0.6) is 0 Å². The number of hydrogen-bond donors (Lipinski definition) is 1. The zero-order valence-corrected chi connectivity index (χ0v) is 14.5. The molecule has 1 aromatic carbocycles. The number of fused-ring (bicyclic) bond motifs is 2. The molecule has 1 saturated carbocycles. The number of amides is 1. The number of benzene rings is 1. The maximum atomic E-state index is 13.2. The Bertz CT molecular complexity index is 1080. The van der Waals surface area contributed by atoms with Crippen molar-refractivity contribution in [3.63, 3.8) is 0 Å². The Morgan fingerprint density at radius 2 is 1.96 bits per heavy atom. The number of rotatable bonds is 2. The lowest BCUT2D eigenvalue weighted by Crippen LogP contribution is -2.41. The third-order valence-electron chi connectivity index (χ3n) is 5.35. The summed E-state index contributed by atoms with van der Waals surface area (Å²) < 4.78 is 1.94. The van der Waals surface area contributed by atoms with E-state index in [1.807, 2.05) is 28.6 Å².